The minimum atomic E-state index is -3.85. The Bertz CT molecular complexity index is 950. The van der Waals surface area contributed by atoms with Crippen LogP contribution in [0.2, 0.25) is 0 Å². The van der Waals surface area contributed by atoms with Gasteiger partial charge in [0.1, 0.15) is 6.54 Å². The van der Waals surface area contributed by atoms with E-state index < -0.39 is 34.5 Å². The van der Waals surface area contributed by atoms with Crippen molar-refractivity contribution in [2.45, 2.75) is 43.6 Å². The summed E-state index contributed by atoms with van der Waals surface area (Å²) in [6, 6.07) is 5.14. The van der Waals surface area contributed by atoms with Gasteiger partial charge in [-0.2, -0.15) is 0 Å². The van der Waals surface area contributed by atoms with Crippen molar-refractivity contribution in [2.75, 3.05) is 11.9 Å². The Hall–Kier alpha value is -2.79. The average Bonchev–Trinajstić information content (AvgIpc) is 2.93. The lowest BCUT2D eigenvalue weighted by Gasteiger charge is -2.19. The van der Waals surface area contributed by atoms with E-state index in [2.05, 4.69) is 5.32 Å². The summed E-state index contributed by atoms with van der Waals surface area (Å²) < 4.78 is 27.6. The van der Waals surface area contributed by atoms with Crippen molar-refractivity contribution >= 4 is 39.4 Å². The van der Waals surface area contributed by atoms with Gasteiger partial charge in [0, 0.05) is 5.69 Å². The lowest BCUT2D eigenvalue weighted by molar-refractivity contribution is -0.158. The van der Waals surface area contributed by atoms with E-state index in [1.54, 1.807) is 0 Å². The number of amides is 3. The minimum Gasteiger partial charge on any atom is -0.451 e. The van der Waals surface area contributed by atoms with Crippen molar-refractivity contribution in [3.63, 3.8) is 0 Å². The van der Waals surface area contributed by atoms with Crippen molar-refractivity contribution in [3.8, 4) is 0 Å². The molecule has 1 heterocycles. The maximum Gasteiger partial charge on any atom is 0.326 e. The number of fused-ring (bicyclic) bond motifs is 1. The summed E-state index contributed by atoms with van der Waals surface area (Å²) in [7, 11) is -3.85. The topological polar surface area (TPSA) is 153 Å². The van der Waals surface area contributed by atoms with E-state index in [0.29, 0.717) is 12.8 Å². The van der Waals surface area contributed by atoms with Crippen LogP contribution in [0.25, 0.3) is 0 Å². The van der Waals surface area contributed by atoms with Gasteiger partial charge in [-0.3, -0.25) is 24.1 Å². The lowest BCUT2D eigenvalue weighted by atomic mass is 9.81. The van der Waals surface area contributed by atoms with E-state index in [9.17, 15) is 27.6 Å². The van der Waals surface area contributed by atoms with Crippen LogP contribution in [0.4, 0.5) is 5.69 Å². The zero-order chi connectivity index (χ0) is 22.1. The number of hydrogen-bond donors (Lipinski definition) is 2. The van der Waals surface area contributed by atoms with E-state index in [1.165, 1.54) is 31.2 Å². The number of rotatable bonds is 6. The number of benzene rings is 1. The molecule has 0 radical (unpaired) electrons. The smallest absolute Gasteiger partial charge is 0.326 e. The number of nitrogens with two attached hydrogens (primary N) is 1. The molecule has 2 fully saturated rings. The zero-order valence-electron chi connectivity index (χ0n) is 16.4. The fourth-order valence-electron chi connectivity index (χ4n) is 3.78. The minimum absolute atomic E-state index is 0.111. The Morgan fingerprint density at radius 2 is 1.67 bits per heavy atom. The molecular formula is C19H23N3O7S. The molecule has 10 nitrogen and oxygen atoms in total. The van der Waals surface area contributed by atoms with Gasteiger partial charge in [0.15, 0.2) is 6.10 Å². The fraction of sp³-hybridized carbons (Fsp3) is 0.474. The number of nitrogens with one attached hydrogen (secondary N) is 1. The molecule has 3 atom stereocenters. The number of anilines is 1. The molecule has 1 saturated heterocycles. The fourth-order valence-corrected chi connectivity index (χ4v) is 4.29. The zero-order valence-corrected chi connectivity index (χ0v) is 17.2. The second-order valence-corrected chi connectivity index (χ2v) is 9.01. The van der Waals surface area contributed by atoms with E-state index >= 15 is 0 Å². The highest BCUT2D eigenvalue weighted by molar-refractivity contribution is 7.89. The molecule has 0 unspecified atom stereocenters. The van der Waals surface area contributed by atoms with Crippen LogP contribution in [0, 0.1) is 11.8 Å². The Labute approximate surface area is 173 Å². The van der Waals surface area contributed by atoms with Crippen LogP contribution in [0.5, 0.6) is 0 Å². The van der Waals surface area contributed by atoms with Crippen molar-refractivity contribution in [2.24, 2.45) is 17.0 Å². The molecule has 11 heteroatoms. The molecule has 2 aliphatic rings. The summed E-state index contributed by atoms with van der Waals surface area (Å²) in [6.45, 7) is 0.824. The predicted octanol–water partition coefficient (Wildman–Crippen LogP) is 0.379. The van der Waals surface area contributed by atoms with Gasteiger partial charge >= 0.3 is 5.97 Å². The monoisotopic (exact) mass is 437 g/mol. The average molecular weight is 437 g/mol. The molecular weight excluding hydrogens is 414 g/mol. The molecule has 1 aromatic rings. The summed E-state index contributed by atoms with van der Waals surface area (Å²) in [6.07, 6.45) is 1.86. The number of likely N-dealkylation sites (tertiary alicyclic amines) is 1. The van der Waals surface area contributed by atoms with Gasteiger partial charge in [0.05, 0.1) is 16.7 Å². The summed E-state index contributed by atoms with van der Waals surface area (Å²) in [5.41, 5.74) is 0.282. The van der Waals surface area contributed by atoms with Crippen LogP contribution in [0.1, 0.15) is 32.6 Å². The first-order chi connectivity index (χ1) is 14.1. The number of hydrogen-bond acceptors (Lipinski definition) is 7. The van der Waals surface area contributed by atoms with Gasteiger partial charge in [0.25, 0.3) is 5.91 Å². The quantitative estimate of drug-likeness (QED) is 0.482. The molecule has 0 bridgehead atoms. The SMILES string of the molecule is C[C@@H](OC(=O)CN1C(=O)[C@H]2CCCC[C@H]2C1=O)C(=O)Nc1ccc(S(N)(=O)=O)cc1. The number of carbonyl (C=O) groups excluding carboxylic acids is 4. The van der Waals surface area contributed by atoms with Crippen LogP contribution < -0.4 is 10.5 Å². The largest absolute Gasteiger partial charge is 0.451 e. The molecule has 3 amide bonds. The number of primary sulfonamides is 1. The number of imide groups is 1. The Morgan fingerprint density at radius 3 is 2.17 bits per heavy atom. The highest BCUT2D eigenvalue weighted by Gasteiger charge is 2.48. The van der Waals surface area contributed by atoms with Crippen LogP contribution in [-0.2, 0) is 33.9 Å². The molecule has 0 spiro atoms. The van der Waals surface area contributed by atoms with Gasteiger partial charge < -0.3 is 10.1 Å². The Balaban J connectivity index is 1.54. The van der Waals surface area contributed by atoms with Crippen LogP contribution in [-0.4, -0.2) is 49.7 Å². The third-order valence-corrected chi connectivity index (χ3v) is 6.28. The van der Waals surface area contributed by atoms with Crippen molar-refractivity contribution in [1.82, 2.24) is 4.90 Å². The highest BCUT2D eigenvalue weighted by Crippen LogP contribution is 2.37. The summed E-state index contributed by atoms with van der Waals surface area (Å²) in [4.78, 5) is 50.1. The van der Waals surface area contributed by atoms with Gasteiger partial charge in [-0.15, -0.1) is 0 Å². The number of nitrogens with zero attached hydrogens (tertiary/aromatic N) is 1. The van der Waals surface area contributed by atoms with Gasteiger partial charge in [-0.25, -0.2) is 13.6 Å². The van der Waals surface area contributed by atoms with E-state index in [0.717, 1.165) is 17.7 Å². The molecule has 1 aliphatic carbocycles. The van der Waals surface area contributed by atoms with E-state index in [-0.39, 0.29) is 34.2 Å². The van der Waals surface area contributed by atoms with E-state index in [1.807, 2.05) is 0 Å². The molecule has 3 N–H and O–H groups in total. The first-order valence-corrected chi connectivity index (χ1v) is 11.1. The molecule has 1 aromatic carbocycles. The Morgan fingerprint density at radius 1 is 1.13 bits per heavy atom. The molecule has 1 aliphatic heterocycles. The number of ether oxygens (including phenoxy) is 1. The number of carbonyl (C=O) groups is 4. The van der Waals surface area contributed by atoms with Crippen LogP contribution in [0.15, 0.2) is 29.2 Å². The summed E-state index contributed by atoms with van der Waals surface area (Å²) >= 11 is 0. The Kier molecular flexibility index (Phi) is 6.22. The summed E-state index contributed by atoms with van der Waals surface area (Å²) in [5, 5.41) is 7.49. The van der Waals surface area contributed by atoms with Crippen molar-refractivity contribution in [1.29, 1.82) is 0 Å². The van der Waals surface area contributed by atoms with Crippen LogP contribution >= 0.6 is 0 Å². The molecule has 162 valence electrons. The second-order valence-electron chi connectivity index (χ2n) is 7.45. The standard InChI is InChI=1S/C19H23N3O7S/c1-11(17(24)21-12-6-8-13(9-7-12)30(20,27)28)29-16(23)10-22-18(25)14-4-2-3-5-15(14)19(22)26/h6-9,11,14-15H,2-5,10H2,1H3,(H,21,24)(H2,20,27,28)/t11-,14-,15+/m1/s1. The third kappa shape index (κ3) is 4.68. The van der Waals surface area contributed by atoms with Crippen molar-refractivity contribution in [3.05, 3.63) is 24.3 Å². The van der Waals surface area contributed by atoms with Gasteiger partial charge in [-0.1, -0.05) is 12.8 Å². The molecule has 30 heavy (non-hydrogen) atoms. The normalized spacial score (nSPS) is 22.4. The molecule has 1 saturated carbocycles. The van der Waals surface area contributed by atoms with Crippen LogP contribution in [0.3, 0.4) is 0 Å². The highest BCUT2D eigenvalue weighted by atomic mass is 32.2. The maximum atomic E-state index is 12.4. The third-order valence-electron chi connectivity index (χ3n) is 5.35. The number of esters is 1. The molecule has 3 rings (SSSR count). The summed E-state index contributed by atoms with van der Waals surface area (Å²) in [5.74, 6) is -2.94. The first kappa shape index (κ1) is 21.9. The van der Waals surface area contributed by atoms with Gasteiger partial charge in [0.2, 0.25) is 21.8 Å². The van der Waals surface area contributed by atoms with Crippen molar-refractivity contribution < 1.29 is 32.3 Å². The first-order valence-electron chi connectivity index (χ1n) is 9.56. The second kappa shape index (κ2) is 8.52. The number of sulfonamides is 1. The lowest BCUT2D eigenvalue weighted by Crippen LogP contribution is -2.39. The van der Waals surface area contributed by atoms with E-state index in [4.69, 9.17) is 9.88 Å². The molecule has 0 aromatic heterocycles. The predicted molar refractivity (Wildman–Crippen MR) is 104 cm³/mol. The van der Waals surface area contributed by atoms with Gasteiger partial charge in [-0.05, 0) is 44.0 Å². The maximum absolute atomic E-state index is 12.4.